The van der Waals surface area contributed by atoms with E-state index in [0.29, 0.717) is 0 Å². The fourth-order valence-electron chi connectivity index (χ4n) is 2.95. The number of hydrogen-bond acceptors (Lipinski definition) is 11. The summed E-state index contributed by atoms with van der Waals surface area (Å²) >= 11 is 0. The molecule has 0 bridgehead atoms. The van der Waals surface area contributed by atoms with Gasteiger partial charge < -0.3 is 45.2 Å². The van der Waals surface area contributed by atoms with Gasteiger partial charge in [-0.2, -0.15) is 0 Å². The SMILES string of the molecule is COC(=O)C1=C[C@H](N)[C@@H](NC(C)=O)[C@H]([C@H](OC(=O)NCCC(=O)O)[C@H]2COC(=O)O2)O1. The first kappa shape index (κ1) is 23.7. The van der Waals surface area contributed by atoms with Gasteiger partial charge >= 0.3 is 24.2 Å². The average molecular weight is 445 g/mol. The van der Waals surface area contributed by atoms with Gasteiger partial charge in [0.2, 0.25) is 11.7 Å². The van der Waals surface area contributed by atoms with E-state index >= 15 is 0 Å². The van der Waals surface area contributed by atoms with Crippen molar-refractivity contribution < 1.29 is 52.8 Å². The van der Waals surface area contributed by atoms with Crippen LogP contribution in [0.1, 0.15) is 13.3 Å². The van der Waals surface area contributed by atoms with Crippen LogP contribution in [-0.4, -0.2) is 85.9 Å². The Kier molecular flexibility index (Phi) is 8.01. The van der Waals surface area contributed by atoms with Crippen molar-refractivity contribution >= 4 is 30.1 Å². The second-order valence-electron chi connectivity index (χ2n) is 6.57. The van der Waals surface area contributed by atoms with E-state index in [1.54, 1.807) is 0 Å². The van der Waals surface area contributed by atoms with Crippen molar-refractivity contribution in [2.45, 2.75) is 43.7 Å². The molecule has 0 saturated carbocycles. The molecule has 2 aliphatic heterocycles. The molecule has 0 aromatic rings. The maximum absolute atomic E-state index is 12.2. The van der Waals surface area contributed by atoms with Gasteiger partial charge in [0.05, 0.1) is 25.6 Å². The van der Waals surface area contributed by atoms with E-state index in [4.69, 9.17) is 29.8 Å². The van der Waals surface area contributed by atoms with Crippen LogP contribution in [-0.2, 0) is 38.1 Å². The summed E-state index contributed by atoms with van der Waals surface area (Å²) in [6.07, 6.45) is -5.06. The Labute approximate surface area is 175 Å². The summed E-state index contributed by atoms with van der Waals surface area (Å²) in [4.78, 5) is 57.9. The molecule has 2 amide bonds. The Morgan fingerprint density at radius 1 is 1.32 bits per heavy atom. The Balaban J connectivity index is 2.30. The Hall–Kier alpha value is -3.55. The first-order valence-electron chi connectivity index (χ1n) is 9.11. The van der Waals surface area contributed by atoms with Crippen LogP contribution in [0.25, 0.3) is 0 Å². The number of hydrogen-bond donors (Lipinski definition) is 4. The maximum atomic E-state index is 12.2. The van der Waals surface area contributed by atoms with E-state index in [9.17, 15) is 24.0 Å². The fourth-order valence-corrected chi connectivity index (χ4v) is 2.95. The van der Waals surface area contributed by atoms with Crippen LogP contribution in [0.2, 0.25) is 0 Å². The zero-order chi connectivity index (χ0) is 23.1. The molecule has 0 aromatic carbocycles. The number of esters is 1. The minimum absolute atomic E-state index is 0.241. The topological polar surface area (TPSA) is 202 Å². The van der Waals surface area contributed by atoms with Crippen LogP contribution in [0.5, 0.6) is 0 Å². The summed E-state index contributed by atoms with van der Waals surface area (Å²) < 4.78 is 25.3. The number of aliphatic carboxylic acids is 1. The van der Waals surface area contributed by atoms with E-state index in [-0.39, 0.29) is 25.3 Å². The summed E-state index contributed by atoms with van der Waals surface area (Å²) in [6, 6.07) is -1.96. The Morgan fingerprint density at radius 2 is 2.03 bits per heavy atom. The number of carboxylic acid groups (broad SMARTS) is 1. The van der Waals surface area contributed by atoms with Crippen LogP contribution >= 0.6 is 0 Å². The average Bonchev–Trinajstić information content (AvgIpc) is 3.12. The second kappa shape index (κ2) is 10.5. The van der Waals surface area contributed by atoms with Crippen LogP contribution in [0.4, 0.5) is 9.59 Å². The lowest BCUT2D eigenvalue weighted by atomic mass is 9.92. The minimum Gasteiger partial charge on any atom is -0.481 e. The molecule has 14 nitrogen and oxygen atoms in total. The maximum Gasteiger partial charge on any atom is 0.508 e. The van der Waals surface area contributed by atoms with Crippen molar-refractivity contribution in [1.82, 2.24) is 10.6 Å². The molecule has 31 heavy (non-hydrogen) atoms. The smallest absolute Gasteiger partial charge is 0.481 e. The van der Waals surface area contributed by atoms with E-state index in [0.717, 1.165) is 7.11 Å². The molecule has 2 rings (SSSR count). The van der Waals surface area contributed by atoms with E-state index in [1.165, 1.54) is 13.0 Å². The highest BCUT2D eigenvalue weighted by Gasteiger charge is 2.49. The molecule has 0 aliphatic carbocycles. The van der Waals surface area contributed by atoms with Gasteiger partial charge in [-0.15, -0.1) is 0 Å². The molecule has 1 saturated heterocycles. The number of methoxy groups -OCH3 is 1. The van der Waals surface area contributed by atoms with Gasteiger partial charge in [-0.3, -0.25) is 9.59 Å². The molecule has 0 radical (unpaired) electrons. The molecule has 0 aromatic heterocycles. The number of ether oxygens (including phenoxy) is 5. The Morgan fingerprint density at radius 3 is 2.58 bits per heavy atom. The number of carbonyl (C=O) groups excluding carboxylic acids is 4. The molecule has 0 spiro atoms. The summed E-state index contributed by atoms with van der Waals surface area (Å²) in [5.41, 5.74) is 6.07. The van der Waals surface area contributed by atoms with Gasteiger partial charge in [-0.25, -0.2) is 14.4 Å². The lowest BCUT2D eigenvalue weighted by Gasteiger charge is -2.39. The number of rotatable bonds is 8. The molecule has 0 unspecified atom stereocenters. The van der Waals surface area contributed by atoms with E-state index in [1.807, 2.05) is 0 Å². The highest BCUT2D eigenvalue weighted by molar-refractivity contribution is 5.86. The molecule has 5 atom stereocenters. The number of nitrogens with one attached hydrogen (secondary N) is 2. The third-order valence-corrected chi connectivity index (χ3v) is 4.29. The van der Waals surface area contributed by atoms with Crippen molar-refractivity contribution in [1.29, 1.82) is 0 Å². The number of alkyl carbamates (subject to hydrolysis) is 1. The lowest BCUT2D eigenvalue weighted by molar-refractivity contribution is -0.147. The Bertz CT molecular complexity index is 768. The van der Waals surface area contributed by atoms with Crippen LogP contribution in [0, 0.1) is 0 Å². The van der Waals surface area contributed by atoms with Crippen molar-refractivity contribution in [3.05, 3.63) is 11.8 Å². The fraction of sp³-hybridized carbons (Fsp3) is 0.588. The largest absolute Gasteiger partial charge is 0.508 e. The monoisotopic (exact) mass is 445 g/mol. The number of amides is 2. The van der Waals surface area contributed by atoms with Gasteiger partial charge in [0, 0.05) is 13.5 Å². The normalized spacial score (nSPS) is 25.6. The zero-order valence-electron chi connectivity index (χ0n) is 16.7. The van der Waals surface area contributed by atoms with Crippen molar-refractivity contribution in [2.75, 3.05) is 20.3 Å². The number of carbonyl (C=O) groups is 5. The van der Waals surface area contributed by atoms with Crippen molar-refractivity contribution in [2.24, 2.45) is 5.73 Å². The van der Waals surface area contributed by atoms with Crippen LogP contribution < -0.4 is 16.4 Å². The van der Waals surface area contributed by atoms with Gasteiger partial charge in [-0.05, 0) is 6.08 Å². The van der Waals surface area contributed by atoms with Crippen LogP contribution in [0.3, 0.4) is 0 Å². The molecular weight excluding hydrogens is 422 g/mol. The zero-order valence-corrected chi connectivity index (χ0v) is 16.7. The second-order valence-corrected chi connectivity index (χ2v) is 6.57. The molecular formula is C17H23N3O11. The van der Waals surface area contributed by atoms with Gasteiger partial charge in [0.25, 0.3) is 0 Å². The summed E-state index contributed by atoms with van der Waals surface area (Å²) in [5, 5.41) is 13.5. The summed E-state index contributed by atoms with van der Waals surface area (Å²) in [7, 11) is 1.11. The van der Waals surface area contributed by atoms with Gasteiger partial charge in [-0.1, -0.05) is 0 Å². The highest BCUT2D eigenvalue weighted by atomic mass is 16.8. The first-order chi connectivity index (χ1) is 14.6. The van der Waals surface area contributed by atoms with E-state index in [2.05, 4.69) is 15.4 Å². The number of carboxylic acids is 1. The predicted octanol–water partition coefficient (Wildman–Crippen LogP) is -1.62. The van der Waals surface area contributed by atoms with Gasteiger partial charge in [0.1, 0.15) is 6.61 Å². The minimum atomic E-state index is -1.40. The van der Waals surface area contributed by atoms with Crippen molar-refractivity contribution in [3.63, 3.8) is 0 Å². The van der Waals surface area contributed by atoms with Crippen LogP contribution in [0.15, 0.2) is 11.8 Å². The third kappa shape index (κ3) is 6.47. The molecule has 172 valence electrons. The molecule has 14 heteroatoms. The number of nitrogens with two attached hydrogens (primary N) is 1. The highest BCUT2D eigenvalue weighted by Crippen LogP contribution is 2.27. The summed E-state index contributed by atoms with van der Waals surface area (Å²) in [5.74, 6) is -2.80. The molecule has 1 fully saturated rings. The lowest BCUT2D eigenvalue weighted by Crippen LogP contribution is -2.63. The van der Waals surface area contributed by atoms with Crippen molar-refractivity contribution in [3.8, 4) is 0 Å². The summed E-state index contributed by atoms with van der Waals surface area (Å²) in [6.45, 7) is 0.664. The predicted molar refractivity (Wildman–Crippen MR) is 97.3 cm³/mol. The van der Waals surface area contributed by atoms with Gasteiger partial charge in [0.15, 0.2) is 18.3 Å². The third-order valence-electron chi connectivity index (χ3n) is 4.29. The first-order valence-corrected chi connectivity index (χ1v) is 9.11. The molecule has 2 aliphatic rings. The molecule has 5 N–H and O–H groups in total. The quantitative estimate of drug-likeness (QED) is 0.246. The van der Waals surface area contributed by atoms with E-state index < -0.39 is 60.5 Å². The number of cyclic esters (lactones) is 2. The standard InChI is InChI=1S/C17H23N3O11/c1-7(21)20-12-8(18)5-9(15(24)27-2)29-14(12)13(10-6-28-17(26)30-10)31-16(25)19-4-3-11(22)23/h5,8,10,12-14H,3-4,6,18H2,1-2H3,(H,19,25)(H,20,21)(H,22,23)/t8-,10+,12+,13+,14+/m0/s1. The molecule has 2 heterocycles.